The lowest BCUT2D eigenvalue weighted by Gasteiger charge is -2.39. The van der Waals surface area contributed by atoms with Gasteiger partial charge in [0.05, 0.1) is 6.61 Å². The fourth-order valence-corrected chi connectivity index (χ4v) is 2.41. The molecule has 10 heteroatoms. The van der Waals surface area contributed by atoms with Crippen molar-refractivity contribution in [2.24, 2.45) is 20.0 Å². The van der Waals surface area contributed by atoms with Crippen LogP contribution in [0.25, 0.3) is 0 Å². The van der Waals surface area contributed by atoms with Gasteiger partial charge >= 0.3 is 0 Å². The molecule has 0 bridgehead atoms. The zero-order chi connectivity index (χ0) is 15.1. The first-order valence-electron chi connectivity index (χ1n) is 6.15. The van der Waals surface area contributed by atoms with E-state index in [4.69, 9.17) is 22.1 Å². The van der Waals surface area contributed by atoms with Crippen molar-refractivity contribution in [1.82, 2.24) is 0 Å². The summed E-state index contributed by atoms with van der Waals surface area (Å²) in [6, 6.07) is 0. The Bertz CT molecular complexity index is 599. The monoisotopic (exact) mass is 312 g/mol. The van der Waals surface area contributed by atoms with Gasteiger partial charge in [-0.2, -0.15) is 0 Å². The number of ether oxygens (including phenoxy) is 1. The van der Waals surface area contributed by atoms with Crippen LogP contribution in [0.4, 0.5) is 0 Å². The molecule has 1 unspecified atom stereocenters. The van der Waals surface area contributed by atoms with Crippen molar-refractivity contribution in [2.75, 3.05) is 6.61 Å². The molecule has 112 valence electrons. The highest BCUT2D eigenvalue weighted by Gasteiger charge is 2.46. The number of aliphatic hydroxyl groups is 4. The highest BCUT2D eigenvalue weighted by Crippen LogP contribution is 2.24. The zero-order valence-electron chi connectivity index (χ0n) is 10.6. The van der Waals surface area contributed by atoms with Crippen molar-refractivity contribution in [3.63, 3.8) is 0 Å². The standard InChI is InChI=1S/C11H12N4O5S/c16-1-3-5(17)6(18)7(19)8(20-3)10-14-4-9(15-10)12-2-13-11(4)21/h2-3,5-8,16-19H,1H2/t3-,5+,6+,7-,8?/m1/s1. The van der Waals surface area contributed by atoms with Crippen LogP contribution in [0, 0.1) is 0 Å². The molecule has 0 amide bonds. The lowest BCUT2D eigenvalue weighted by molar-refractivity contribution is -0.211. The van der Waals surface area contributed by atoms with Crippen LogP contribution in [0.2, 0.25) is 0 Å². The molecule has 5 atom stereocenters. The van der Waals surface area contributed by atoms with Gasteiger partial charge in [-0.3, -0.25) is 0 Å². The minimum atomic E-state index is -1.49. The Balaban J connectivity index is 1.89. The van der Waals surface area contributed by atoms with Crippen molar-refractivity contribution in [3.05, 3.63) is 0 Å². The second-order valence-corrected chi connectivity index (χ2v) is 5.07. The molecule has 0 spiro atoms. The average molecular weight is 312 g/mol. The molecule has 0 aromatic carbocycles. The Morgan fingerprint density at radius 2 is 1.90 bits per heavy atom. The summed E-state index contributed by atoms with van der Waals surface area (Å²) in [5.74, 6) is 0.315. The van der Waals surface area contributed by atoms with E-state index in [0.717, 1.165) is 0 Å². The smallest absolute Gasteiger partial charge is 0.184 e. The molecule has 0 saturated carbocycles. The first-order valence-corrected chi connectivity index (χ1v) is 6.56. The summed E-state index contributed by atoms with van der Waals surface area (Å²) in [4.78, 5) is 16.1. The lowest BCUT2D eigenvalue weighted by atomic mass is 9.94. The number of fused-ring (bicyclic) bond motifs is 1. The Morgan fingerprint density at radius 3 is 2.57 bits per heavy atom. The van der Waals surface area contributed by atoms with E-state index in [1.54, 1.807) is 0 Å². The number of hydrogen-bond acceptors (Lipinski definition) is 9. The molecule has 3 rings (SSSR count). The van der Waals surface area contributed by atoms with Gasteiger partial charge in [0.2, 0.25) is 0 Å². The molecule has 0 aromatic heterocycles. The molecule has 0 radical (unpaired) electrons. The van der Waals surface area contributed by atoms with Crippen molar-refractivity contribution in [1.29, 1.82) is 0 Å². The maximum Gasteiger partial charge on any atom is 0.184 e. The molecule has 3 aliphatic heterocycles. The van der Waals surface area contributed by atoms with E-state index in [1.807, 2.05) is 0 Å². The minimum absolute atomic E-state index is 0.0634. The van der Waals surface area contributed by atoms with Crippen LogP contribution < -0.4 is 0 Å². The van der Waals surface area contributed by atoms with Crippen molar-refractivity contribution >= 4 is 40.9 Å². The summed E-state index contributed by atoms with van der Waals surface area (Å²) in [5, 5.41) is 38.7. The summed E-state index contributed by atoms with van der Waals surface area (Å²) >= 11 is 5.00. The molecule has 3 aliphatic rings. The van der Waals surface area contributed by atoms with Crippen LogP contribution in [-0.4, -0.2) is 86.3 Å². The third-order valence-corrected chi connectivity index (χ3v) is 3.66. The molecular weight excluding hydrogens is 300 g/mol. The maximum atomic E-state index is 10.0. The van der Waals surface area contributed by atoms with Crippen LogP contribution in [-0.2, 0) is 4.74 Å². The first kappa shape index (κ1) is 14.5. The molecule has 4 N–H and O–H groups in total. The molecular formula is C11H12N4O5S. The van der Waals surface area contributed by atoms with Crippen LogP contribution in [0.3, 0.4) is 0 Å². The van der Waals surface area contributed by atoms with Crippen LogP contribution >= 0.6 is 12.2 Å². The van der Waals surface area contributed by atoms with Gasteiger partial charge in [-0.05, 0) is 0 Å². The predicted molar refractivity (Wildman–Crippen MR) is 77.2 cm³/mol. The summed E-state index contributed by atoms with van der Waals surface area (Å²) in [5.41, 5.74) is 0.291. The Kier molecular flexibility index (Phi) is 3.73. The Hall–Kier alpha value is -1.43. The van der Waals surface area contributed by atoms with Gasteiger partial charge in [-0.15, -0.1) is 0 Å². The maximum absolute atomic E-state index is 10.0. The largest absolute Gasteiger partial charge is 0.394 e. The Morgan fingerprint density at radius 1 is 1.14 bits per heavy atom. The highest BCUT2D eigenvalue weighted by molar-refractivity contribution is 7.82. The quantitative estimate of drug-likeness (QED) is 0.414. The van der Waals surface area contributed by atoms with E-state index in [-0.39, 0.29) is 16.7 Å². The van der Waals surface area contributed by atoms with E-state index >= 15 is 0 Å². The molecule has 1 saturated heterocycles. The van der Waals surface area contributed by atoms with Gasteiger partial charge in [0.1, 0.15) is 42.6 Å². The summed E-state index contributed by atoms with van der Waals surface area (Å²) in [6.45, 7) is -0.520. The number of nitrogens with zero attached hydrogens (tertiary/aromatic N) is 4. The number of thiocarbonyl (C=S) groups is 1. The van der Waals surface area contributed by atoms with Gasteiger partial charge in [-0.1, -0.05) is 12.2 Å². The molecule has 0 aromatic rings. The second kappa shape index (κ2) is 5.40. The lowest BCUT2D eigenvalue weighted by Crippen LogP contribution is -2.60. The number of hydrogen-bond donors (Lipinski definition) is 4. The van der Waals surface area contributed by atoms with Gasteiger partial charge in [0.15, 0.2) is 16.7 Å². The fraction of sp³-hybridized carbons (Fsp3) is 0.545. The minimum Gasteiger partial charge on any atom is -0.394 e. The van der Waals surface area contributed by atoms with Crippen molar-refractivity contribution in [2.45, 2.75) is 30.5 Å². The molecule has 0 aliphatic carbocycles. The normalized spacial score (nSPS) is 38.8. The molecule has 9 nitrogen and oxygen atoms in total. The number of amidine groups is 2. The molecule has 1 fully saturated rings. The molecule has 3 heterocycles. The van der Waals surface area contributed by atoms with E-state index in [9.17, 15) is 15.3 Å². The number of aliphatic hydroxyl groups excluding tert-OH is 4. The van der Waals surface area contributed by atoms with Gasteiger partial charge < -0.3 is 25.2 Å². The van der Waals surface area contributed by atoms with Crippen LogP contribution in [0.15, 0.2) is 20.0 Å². The fourth-order valence-electron chi connectivity index (χ4n) is 2.22. The highest BCUT2D eigenvalue weighted by atomic mass is 32.1. The topological polar surface area (TPSA) is 140 Å². The van der Waals surface area contributed by atoms with Crippen LogP contribution in [0.1, 0.15) is 0 Å². The SMILES string of the molecule is OC[C@H]1OC(C2=NC3=NC=NC(=S)C3=N2)[C@H](O)[C@@H](O)[C@H]1O. The second-order valence-electron chi connectivity index (χ2n) is 4.68. The summed E-state index contributed by atoms with van der Waals surface area (Å²) in [7, 11) is 0. The average Bonchev–Trinajstić information content (AvgIpc) is 2.90. The van der Waals surface area contributed by atoms with E-state index in [1.165, 1.54) is 6.34 Å². The van der Waals surface area contributed by atoms with E-state index < -0.39 is 37.1 Å². The van der Waals surface area contributed by atoms with Crippen molar-refractivity contribution in [3.8, 4) is 0 Å². The van der Waals surface area contributed by atoms with Gasteiger partial charge in [0, 0.05) is 0 Å². The number of rotatable bonds is 2. The zero-order valence-corrected chi connectivity index (χ0v) is 11.4. The molecule has 21 heavy (non-hydrogen) atoms. The van der Waals surface area contributed by atoms with Crippen molar-refractivity contribution < 1.29 is 25.2 Å². The van der Waals surface area contributed by atoms with E-state index in [0.29, 0.717) is 5.71 Å². The van der Waals surface area contributed by atoms with Gasteiger partial charge in [-0.25, -0.2) is 20.0 Å². The third kappa shape index (κ3) is 2.35. The van der Waals surface area contributed by atoms with Gasteiger partial charge in [0.25, 0.3) is 0 Å². The van der Waals surface area contributed by atoms with E-state index in [2.05, 4.69) is 20.0 Å². The third-order valence-electron chi connectivity index (χ3n) is 3.36. The predicted octanol–water partition coefficient (Wildman–Crippen LogP) is -2.55. The number of aliphatic imine (C=N–C) groups is 4. The first-order chi connectivity index (χ1) is 10.0. The summed E-state index contributed by atoms with van der Waals surface area (Å²) in [6.07, 6.45) is -5.25. The summed E-state index contributed by atoms with van der Waals surface area (Å²) < 4.78 is 5.37. The Labute approximate surface area is 124 Å². The van der Waals surface area contributed by atoms with Crippen LogP contribution in [0.5, 0.6) is 0 Å².